The Morgan fingerprint density at radius 1 is 0.535 bits per heavy atom. The van der Waals surface area contributed by atoms with Crippen molar-refractivity contribution in [2.75, 3.05) is 38.0 Å². The Morgan fingerprint density at radius 2 is 0.837 bits per heavy atom. The molecule has 0 saturated heterocycles. The van der Waals surface area contributed by atoms with Crippen molar-refractivity contribution in [1.29, 1.82) is 0 Å². The number of para-hydroxylation sites is 2. The molecule has 4 aromatic rings. The number of benzene rings is 2. The van der Waals surface area contributed by atoms with Crippen molar-refractivity contribution in [2.45, 2.75) is 78.3 Å². The summed E-state index contributed by atoms with van der Waals surface area (Å²) in [5, 5.41) is 2.69. The molecule has 0 spiro atoms. The second-order valence-electron chi connectivity index (χ2n) is 11.7. The maximum absolute atomic E-state index is 8.49. The zero-order valence-corrected chi connectivity index (χ0v) is 27.4. The van der Waals surface area contributed by atoms with Gasteiger partial charge in [-0.15, -0.1) is 10.2 Å². The number of aryl methyl sites for hydroxylation is 4. The van der Waals surface area contributed by atoms with Crippen molar-refractivity contribution in [3.63, 3.8) is 0 Å². The Labute approximate surface area is 259 Å². The van der Waals surface area contributed by atoms with Gasteiger partial charge in [0.2, 0.25) is 11.0 Å². The molecule has 9 heteroatoms. The summed E-state index contributed by atoms with van der Waals surface area (Å²) in [6, 6.07) is 22.4. The summed E-state index contributed by atoms with van der Waals surface area (Å²) in [6.07, 6.45) is 10.5. The van der Waals surface area contributed by atoms with E-state index >= 15 is 0 Å². The van der Waals surface area contributed by atoms with Crippen LogP contribution in [0.5, 0.6) is 0 Å². The highest BCUT2D eigenvalue weighted by atomic mass is 35.7. The van der Waals surface area contributed by atoms with Crippen LogP contribution in [0.4, 0.5) is 11.4 Å². The quantitative estimate of drug-likeness (QED) is 0.170. The van der Waals surface area contributed by atoms with Gasteiger partial charge in [0.1, 0.15) is 13.1 Å². The van der Waals surface area contributed by atoms with Gasteiger partial charge in [0.25, 0.3) is 0 Å². The molecule has 0 bridgehead atoms. The van der Waals surface area contributed by atoms with Gasteiger partial charge in [-0.25, -0.2) is 18.6 Å². The van der Waals surface area contributed by atoms with E-state index in [1.165, 1.54) is 95.9 Å². The summed E-state index contributed by atoms with van der Waals surface area (Å²) in [7, 11) is 3.59. The monoisotopic (exact) mass is 611 g/mol. The first-order valence-electron chi connectivity index (χ1n) is 15.2. The topological polar surface area (TPSA) is 106 Å². The third-order valence-corrected chi connectivity index (χ3v) is 7.96. The van der Waals surface area contributed by atoms with E-state index in [2.05, 4.69) is 122 Å². The SMILES string of the molecule is Cc1cc(N(C)C)c2ccccc2[n+]1CCCCCCCCCC[n+]1c(C)cc(N(C)C)c2ccccc21.[O-][Cl+3]([O-])([O-])[O-]. The first-order valence-corrected chi connectivity index (χ1v) is 16.4. The van der Waals surface area contributed by atoms with Gasteiger partial charge in [-0.3, -0.25) is 0 Å². The van der Waals surface area contributed by atoms with E-state index in [9.17, 15) is 0 Å². The standard InChI is InChI=1S/C34H48N4.ClHO4/c1-27-25-33(35(3)4)29-19-13-15-21-31(29)37(27)23-17-11-9-7-8-10-12-18-24-38-28(2)26-34(36(5)6)30-20-14-16-22-32(30)38;2-1(3,4)5/h13-16,19-22,25-26H,7-12,17-18,23-24H2,1-6H3;(H,2,3,4,5)/q+2;/p-1. The lowest BCUT2D eigenvalue weighted by Gasteiger charge is -2.17. The maximum atomic E-state index is 8.49. The second kappa shape index (κ2) is 16.2. The number of anilines is 2. The van der Waals surface area contributed by atoms with Crippen LogP contribution in [-0.2, 0) is 13.1 Å². The zero-order valence-electron chi connectivity index (χ0n) is 26.6. The molecule has 2 aromatic carbocycles. The van der Waals surface area contributed by atoms with Crippen LogP contribution >= 0.6 is 0 Å². The minimum atomic E-state index is -4.94. The predicted molar refractivity (Wildman–Crippen MR) is 163 cm³/mol. The Kier molecular flexibility index (Phi) is 13.0. The van der Waals surface area contributed by atoms with Crippen molar-refractivity contribution < 1.29 is 38.0 Å². The molecule has 0 unspecified atom stereocenters. The van der Waals surface area contributed by atoms with E-state index in [-0.39, 0.29) is 0 Å². The van der Waals surface area contributed by atoms with Crippen LogP contribution in [-0.4, -0.2) is 28.2 Å². The number of fused-ring (bicyclic) bond motifs is 2. The summed E-state index contributed by atoms with van der Waals surface area (Å²) in [6.45, 7) is 6.71. The molecular formula is C34H48ClN4O4+. The number of hydrogen-bond acceptors (Lipinski definition) is 6. The van der Waals surface area contributed by atoms with E-state index in [4.69, 9.17) is 18.6 Å². The third-order valence-electron chi connectivity index (χ3n) is 7.96. The molecule has 0 N–H and O–H groups in total. The molecule has 2 aromatic heterocycles. The van der Waals surface area contributed by atoms with E-state index in [0.717, 1.165) is 13.1 Å². The minimum Gasteiger partial charge on any atom is -0.377 e. The number of halogens is 1. The van der Waals surface area contributed by atoms with Gasteiger partial charge in [0.05, 0.1) is 22.1 Å². The van der Waals surface area contributed by atoms with Crippen molar-refractivity contribution >= 4 is 33.2 Å². The van der Waals surface area contributed by atoms with E-state index in [1.807, 2.05) is 0 Å². The highest BCUT2D eigenvalue weighted by Gasteiger charge is 2.18. The number of unbranched alkanes of at least 4 members (excludes halogenated alkanes) is 7. The largest absolute Gasteiger partial charge is 0.377 e. The fraction of sp³-hybridized carbons (Fsp3) is 0.471. The van der Waals surface area contributed by atoms with Gasteiger partial charge in [-0.05, 0) is 25.0 Å². The molecule has 4 rings (SSSR count). The fourth-order valence-corrected chi connectivity index (χ4v) is 5.87. The van der Waals surface area contributed by atoms with Crippen molar-refractivity contribution in [1.82, 2.24) is 0 Å². The van der Waals surface area contributed by atoms with E-state index < -0.39 is 10.2 Å². The van der Waals surface area contributed by atoms with Crippen LogP contribution in [0.1, 0.15) is 62.8 Å². The van der Waals surface area contributed by atoms with Crippen LogP contribution in [0.25, 0.3) is 21.8 Å². The van der Waals surface area contributed by atoms with Crippen LogP contribution in [0.3, 0.4) is 0 Å². The number of hydrogen-bond donors (Lipinski definition) is 0. The Balaban J connectivity index is 0.000000934. The molecule has 8 nitrogen and oxygen atoms in total. The van der Waals surface area contributed by atoms with Gasteiger partial charge in [-0.2, -0.15) is 9.13 Å². The number of aromatic nitrogens is 2. The van der Waals surface area contributed by atoms with Crippen LogP contribution in [0.2, 0.25) is 0 Å². The lowest BCUT2D eigenvalue weighted by molar-refractivity contribution is -2.00. The molecule has 43 heavy (non-hydrogen) atoms. The Hall–Kier alpha value is -3.01. The Morgan fingerprint density at radius 3 is 1.16 bits per heavy atom. The lowest BCUT2D eigenvalue weighted by Crippen LogP contribution is -2.68. The highest BCUT2D eigenvalue weighted by molar-refractivity contribution is 5.90. The molecule has 0 fully saturated rings. The summed E-state index contributed by atoms with van der Waals surface area (Å²) in [4.78, 5) is 4.45. The highest BCUT2D eigenvalue weighted by Crippen LogP contribution is 2.25. The van der Waals surface area contributed by atoms with Crippen molar-refractivity contribution in [3.8, 4) is 0 Å². The van der Waals surface area contributed by atoms with Gasteiger partial charge in [-0.1, -0.05) is 49.9 Å². The average Bonchev–Trinajstić information content (AvgIpc) is 2.94. The zero-order chi connectivity index (χ0) is 31.6. The molecule has 0 aliphatic rings. The van der Waals surface area contributed by atoms with Crippen molar-refractivity contribution in [2.24, 2.45) is 0 Å². The van der Waals surface area contributed by atoms with Gasteiger partial charge < -0.3 is 9.80 Å². The third kappa shape index (κ3) is 10.3. The molecule has 0 atom stereocenters. The van der Waals surface area contributed by atoms with Crippen LogP contribution < -0.4 is 37.6 Å². The average molecular weight is 612 g/mol. The molecule has 0 amide bonds. The molecule has 0 radical (unpaired) electrons. The summed E-state index contributed by atoms with van der Waals surface area (Å²) < 4.78 is 39.0. The smallest absolute Gasteiger partial charge is 0.214 e. The normalized spacial score (nSPS) is 11.5. The van der Waals surface area contributed by atoms with E-state index in [1.54, 1.807) is 0 Å². The summed E-state index contributed by atoms with van der Waals surface area (Å²) in [5.74, 6) is 0. The number of rotatable bonds is 13. The number of nitrogens with zero attached hydrogens (tertiary/aromatic N) is 4. The Bertz CT molecular complexity index is 1360. The van der Waals surface area contributed by atoms with Gasteiger partial charge in [0, 0.05) is 79.1 Å². The first-order chi connectivity index (χ1) is 20.4. The predicted octanol–water partition coefficient (Wildman–Crippen LogP) is 2.38. The van der Waals surface area contributed by atoms with Crippen LogP contribution in [0.15, 0.2) is 60.7 Å². The van der Waals surface area contributed by atoms with Gasteiger partial charge >= 0.3 is 0 Å². The molecule has 2 heterocycles. The molecule has 0 aliphatic carbocycles. The molecular weight excluding hydrogens is 564 g/mol. The summed E-state index contributed by atoms with van der Waals surface area (Å²) in [5.41, 5.74) is 8.03. The molecule has 0 saturated carbocycles. The second-order valence-corrected chi connectivity index (χ2v) is 12.4. The lowest BCUT2D eigenvalue weighted by atomic mass is 10.1. The summed E-state index contributed by atoms with van der Waals surface area (Å²) >= 11 is 0. The van der Waals surface area contributed by atoms with Crippen molar-refractivity contribution in [3.05, 3.63) is 72.1 Å². The maximum Gasteiger partial charge on any atom is 0.214 e. The van der Waals surface area contributed by atoms with E-state index in [0.29, 0.717) is 0 Å². The van der Waals surface area contributed by atoms with Gasteiger partial charge in [0.15, 0.2) is 11.4 Å². The number of pyridine rings is 2. The molecule has 234 valence electrons. The first kappa shape index (κ1) is 34.5. The fourth-order valence-electron chi connectivity index (χ4n) is 5.87. The van der Waals surface area contributed by atoms with Crippen LogP contribution in [0, 0.1) is 24.1 Å². The molecule has 0 aliphatic heterocycles. The minimum absolute atomic E-state index is 1.11.